The molecule has 2 aromatic heterocycles. The van der Waals surface area contributed by atoms with Gasteiger partial charge in [0.1, 0.15) is 24.1 Å². The van der Waals surface area contributed by atoms with E-state index in [0.29, 0.717) is 41.8 Å². The maximum absolute atomic E-state index is 13.8. The van der Waals surface area contributed by atoms with E-state index in [4.69, 9.17) is 14.2 Å². The molecular formula is C29H31F3N6O4. The lowest BCUT2D eigenvalue weighted by Crippen LogP contribution is -2.56. The summed E-state index contributed by atoms with van der Waals surface area (Å²) in [6.45, 7) is 7.51. The summed E-state index contributed by atoms with van der Waals surface area (Å²) in [5, 5.41) is 2.91. The number of nitrogens with zero attached hydrogens (tertiary/aromatic N) is 5. The number of alkyl halides is 3. The van der Waals surface area contributed by atoms with Gasteiger partial charge in [-0.2, -0.15) is 13.2 Å². The maximum atomic E-state index is 13.8. The van der Waals surface area contributed by atoms with Crippen LogP contribution in [-0.4, -0.2) is 65.2 Å². The van der Waals surface area contributed by atoms with Gasteiger partial charge in [0, 0.05) is 24.7 Å². The molecule has 1 N–H and O–H groups in total. The predicted octanol–water partition coefficient (Wildman–Crippen LogP) is 5.42. The molecule has 1 aromatic carbocycles. The van der Waals surface area contributed by atoms with E-state index in [1.807, 2.05) is 13.8 Å². The minimum atomic E-state index is -4.51. The monoisotopic (exact) mass is 584 g/mol. The van der Waals surface area contributed by atoms with Crippen molar-refractivity contribution in [2.24, 2.45) is 0 Å². The Hall–Kier alpha value is -3.97. The number of nitrogens with one attached hydrogen (secondary N) is 1. The molecule has 222 valence electrons. The van der Waals surface area contributed by atoms with Crippen molar-refractivity contribution in [2.75, 3.05) is 41.4 Å². The van der Waals surface area contributed by atoms with Gasteiger partial charge in [-0.15, -0.1) is 0 Å². The van der Waals surface area contributed by atoms with Crippen molar-refractivity contribution >= 4 is 23.2 Å². The molecule has 0 spiro atoms. The largest absolute Gasteiger partial charge is 0.489 e. The quantitative estimate of drug-likeness (QED) is 0.425. The summed E-state index contributed by atoms with van der Waals surface area (Å²) < 4.78 is 57.4. The molecule has 42 heavy (non-hydrogen) atoms. The van der Waals surface area contributed by atoms with Gasteiger partial charge in [-0.25, -0.2) is 14.8 Å². The second-order valence-electron chi connectivity index (χ2n) is 11.1. The fourth-order valence-corrected chi connectivity index (χ4v) is 5.64. The minimum absolute atomic E-state index is 0.120. The number of amides is 2. The van der Waals surface area contributed by atoms with E-state index in [0.717, 1.165) is 31.5 Å². The highest BCUT2D eigenvalue weighted by Gasteiger charge is 2.40. The summed E-state index contributed by atoms with van der Waals surface area (Å²) in [6, 6.07) is 5.96. The van der Waals surface area contributed by atoms with Gasteiger partial charge < -0.3 is 24.4 Å². The van der Waals surface area contributed by atoms with Crippen LogP contribution in [0.15, 0.2) is 42.7 Å². The molecule has 3 aromatic rings. The van der Waals surface area contributed by atoms with Crippen LogP contribution in [0.4, 0.5) is 35.2 Å². The van der Waals surface area contributed by atoms with Crippen LogP contribution in [0.25, 0.3) is 11.4 Å². The number of piperidine rings is 1. The fraction of sp³-hybridized carbons (Fsp3) is 0.448. The molecule has 2 saturated heterocycles. The van der Waals surface area contributed by atoms with Crippen LogP contribution in [0.5, 0.6) is 5.75 Å². The molecule has 2 fully saturated rings. The summed E-state index contributed by atoms with van der Waals surface area (Å²) in [7, 11) is 0. The molecule has 6 rings (SSSR count). The molecule has 5 heterocycles. The normalized spacial score (nSPS) is 21.2. The molecule has 0 aliphatic carbocycles. The van der Waals surface area contributed by atoms with E-state index in [9.17, 15) is 18.0 Å². The third-order valence-electron chi connectivity index (χ3n) is 7.48. The van der Waals surface area contributed by atoms with Crippen LogP contribution in [0, 0.1) is 6.92 Å². The molecular weight excluding hydrogens is 553 g/mol. The van der Waals surface area contributed by atoms with Crippen molar-refractivity contribution in [1.82, 2.24) is 15.0 Å². The van der Waals surface area contributed by atoms with Crippen LogP contribution < -0.4 is 19.9 Å². The molecule has 2 bridgehead atoms. The lowest BCUT2D eigenvalue weighted by atomic mass is 9.99. The summed E-state index contributed by atoms with van der Waals surface area (Å²) in [5.41, 5.74) is 1.14. The van der Waals surface area contributed by atoms with Gasteiger partial charge in [0.15, 0.2) is 17.4 Å². The van der Waals surface area contributed by atoms with E-state index in [-0.39, 0.29) is 30.1 Å². The Morgan fingerprint density at radius 2 is 2.05 bits per heavy atom. The Balaban J connectivity index is 1.27. The number of carbonyl (C=O) groups is 1. The fourth-order valence-electron chi connectivity index (χ4n) is 5.64. The van der Waals surface area contributed by atoms with Crippen molar-refractivity contribution < 1.29 is 32.2 Å². The summed E-state index contributed by atoms with van der Waals surface area (Å²) in [5.74, 6) is 0.276. The van der Waals surface area contributed by atoms with E-state index < -0.39 is 23.6 Å². The lowest BCUT2D eigenvalue weighted by molar-refractivity contribution is -0.141. The number of hydrogen-bond acceptors (Lipinski definition) is 8. The molecule has 0 radical (unpaired) electrons. The van der Waals surface area contributed by atoms with Gasteiger partial charge in [0.2, 0.25) is 0 Å². The maximum Gasteiger partial charge on any atom is 0.416 e. The highest BCUT2D eigenvalue weighted by atomic mass is 19.4. The van der Waals surface area contributed by atoms with Gasteiger partial charge in [0.25, 0.3) is 0 Å². The minimum Gasteiger partial charge on any atom is -0.489 e. The number of aryl methyl sites for hydroxylation is 1. The summed E-state index contributed by atoms with van der Waals surface area (Å²) in [4.78, 5) is 31.0. The van der Waals surface area contributed by atoms with Gasteiger partial charge in [-0.1, -0.05) is 12.1 Å². The van der Waals surface area contributed by atoms with Gasteiger partial charge in [-0.3, -0.25) is 9.88 Å². The second-order valence-corrected chi connectivity index (χ2v) is 11.1. The average Bonchev–Trinajstić information content (AvgIpc) is 3.30. The van der Waals surface area contributed by atoms with Gasteiger partial charge in [-0.05, 0) is 45.7 Å². The molecule has 0 unspecified atom stereocenters. The average molecular weight is 585 g/mol. The summed E-state index contributed by atoms with van der Waals surface area (Å²) in [6.07, 6.45) is -0.0471. The number of fused-ring (bicyclic) bond motifs is 4. The molecule has 13 heteroatoms. The van der Waals surface area contributed by atoms with Crippen molar-refractivity contribution in [2.45, 2.75) is 57.7 Å². The van der Waals surface area contributed by atoms with E-state index in [2.05, 4.69) is 25.2 Å². The smallest absolute Gasteiger partial charge is 0.416 e. The van der Waals surface area contributed by atoms with E-state index in [1.54, 1.807) is 24.1 Å². The predicted molar refractivity (Wildman–Crippen MR) is 149 cm³/mol. The van der Waals surface area contributed by atoms with Crippen LogP contribution in [0.3, 0.4) is 0 Å². The standard InChI is InChI=1S/C29H31F3N6O4/c1-17-24-26(36-25(34-17)18-6-4-7-19(10-18)29(30,31)32)38(21-8-5-9-37(24)14-21)27(39)35-20-11-22(13-33-12-20)40-15-23-16-41-28(2,3)42-23/h4,6-7,10-13,21,23H,5,8-9,14-16H2,1-3H3,(H,35,39)/t21-,23-/m0/s1. The molecule has 2 amide bonds. The highest BCUT2D eigenvalue weighted by molar-refractivity contribution is 6.04. The van der Waals surface area contributed by atoms with Gasteiger partial charge >= 0.3 is 12.2 Å². The molecule has 3 aliphatic rings. The number of urea groups is 1. The molecule has 2 atom stereocenters. The lowest BCUT2D eigenvalue weighted by Gasteiger charge is -2.46. The van der Waals surface area contributed by atoms with Crippen molar-refractivity contribution in [3.63, 3.8) is 0 Å². The third-order valence-corrected chi connectivity index (χ3v) is 7.48. The Morgan fingerprint density at radius 1 is 1.21 bits per heavy atom. The Bertz CT molecular complexity index is 1500. The van der Waals surface area contributed by atoms with Crippen molar-refractivity contribution in [3.05, 3.63) is 54.0 Å². The third kappa shape index (κ3) is 5.71. The molecule has 10 nitrogen and oxygen atoms in total. The first-order valence-corrected chi connectivity index (χ1v) is 13.8. The second kappa shape index (κ2) is 10.7. The van der Waals surface area contributed by atoms with Crippen LogP contribution in [-0.2, 0) is 15.7 Å². The SMILES string of the molecule is Cc1nc(-c2cccc(C(F)(F)F)c2)nc2c1N1CCC[C@@H](C1)N2C(=O)Nc1cncc(OC[C@H]2COC(C)(C)O2)c1. The Morgan fingerprint density at radius 3 is 2.81 bits per heavy atom. The zero-order valence-corrected chi connectivity index (χ0v) is 23.4. The molecule has 0 saturated carbocycles. The zero-order valence-electron chi connectivity index (χ0n) is 23.4. The number of halogens is 3. The van der Waals surface area contributed by atoms with Crippen LogP contribution >= 0.6 is 0 Å². The van der Waals surface area contributed by atoms with Crippen LogP contribution in [0.2, 0.25) is 0 Å². The summed E-state index contributed by atoms with van der Waals surface area (Å²) >= 11 is 0. The molecule has 3 aliphatic heterocycles. The number of rotatable bonds is 5. The van der Waals surface area contributed by atoms with E-state index >= 15 is 0 Å². The Labute approximate surface area is 240 Å². The first-order chi connectivity index (χ1) is 20.0. The number of hydrogen-bond donors (Lipinski definition) is 1. The van der Waals surface area contributed by atoms with Gasteiger partial charge in [0.05, 0.1) is 42.0 Å². The number of benzene rings is 1. The highest BCUT2D eigenvalue weighted by Crippen LogP contribution is 2.41. The number of anilines is 3. The first-order valence-electron chi connectivity index (χ1n) is 13.8. The zero-order chi connectivity index (χ0) is 29.6. The first kappa shape index (κ1) is 28.2. The van der Waals surface area contributed by atoms with Crippen molar-refractivity contribution in [3.8, 4) is 17.1 Å². The van der Waals surface area contributed by atoms with Crippen molar-refractivity contribution in [1.29, 1.82) is 0 Å². The van der Waals surface area contributed by atoms with E-state index in [1.165, 1.54) is 18.3 Å². The topological polar surface area (TPSA) is 102 Å². The number of carbonyl (C=O) groups excluding carboxylic acids is 1. The number of pyridine rings is 1. The van der Waals surface area contributed by atoms with Crippen LogP contribution in [0.1, 0.15) is 37.9 Å². The number of aromatic nitrogens is 3. The number of ether oxygens (including phenoxy) is 3. The Kier molecular flexibility index (Phi) is 7.17.